The van der Waals surface area contributed by atoms with Crippen molar-refractivity contribution < 1.29 is 0 Å². The van der Waals surface area contributed by atoms with Gasteiger partial charge >= 0.3 is 0 Å². The first-order chi connectivity index (χ1) is 36.6. The number of hydrogen-bond donors (Lipinski definition) is 0. The van der Waals surface area contributed by atoms with Crippen LogP contribution >= 0.6 is 0 Å². The van der Waals surface area contributed by atoms with E-state index in [0.717, 1.165) is 66.1 Å². The van der Waals surface area contributed by atoms with Crippen LogP contribution in [0.2, 0.25) is 0 Å². The number of pyridine rings is 1. The third kappa shape index (κ3) is 7.84. The lowest BCUT2D eigenvalue weighted by Crippen LogP contribution is -2.04. The molecule has 0 fully saturated rings. The molecule has 0 saturated heterocycles. The summed E-state index contributed by atoms with van der Waals surface area (Å²) in [6, 6.07) is 57.3. The van der Waals surface area contributed by atoms with Gasteiger partial charge in [-0.3, -0.25) is 4.98 Å². The van der Waals surface area contributed by atoms with Crippen LogP contribution in [0.15, 0.2) is 158 Å². The van der Waals surface area contributed by atoms with Crippen LogP contribution < -0.4 is 0 Å². The highest BCUT2D eigenvalue weighted by Gasteiger charge is 2.25. The van der Waals surface area contributed by atoms with Crippen LogP contribution in [0.4, 0.5) is 0 Å². The summed E-state index contributed by atoms with van der Waals surface area (Å²) in [6.07, 6.45) is 3.74. The van der Waals surface area contributed by atoms with Crippen LogP contribution in [0.25, 0.3) is 111 Å². The lowest BCUT2D eigenvalue weighted by Gasteiger charge is -2.19. The SMILES string of the molecule is Cc1cc(C)c(-c2ccc3c(c2)c2cc(-c4c(C)cc(C)cc4C)ccc2n3-c2cc(-c3ccncc3)c(-n3c4ccc(-c5c(C)cc(C)cc5C)cc4c4cc(-c5c(C)cc(C)cc5C)ccc43)cc2C#N)c(C)c1. The van der Waals surface area contributed by atoms with Crippen LogP contribution in [0.3, 0.4) is 0 Å². The number of fused-ring (bicyclic) bond motifs is 6. The molecule has 0 saturated carbocycles. The van der Waals surface area contributed by atoms with E-state index < -0.39 is 0 Å². The van der Waals surface area contributed by atoms with Gasteiger partial charge in [-0.2, -0.15) is 5.26 Å². The van der Waals surface area contributed by atoms with Crippen LogP contribution in [-0.4, -0.2) is 14.1 Å². The van der Waals surface area contributed by atoms with Crippen molar-refractivity contribution in [3.8, 4) is 73.1 Å². The van der Waals surface area contributed by atoms with Gasteiger partial charge in [-0.25, -0.2) is 0 Å². The summed E-state index contributed by atoms with van der Waals surface area (Å²) < 4.78 is 4.73. The molecule has 4 nitrogen and oxygen atoms in total. The normalized spacial score (nSPS) is 11.7. The molecule has 12 rings (SSSR count). The van der Waals surface area contributed by atoms with Gasteiger partial charge in [0.2, 0.25) is 0 Å². The van der Waals surface area contributed by atoms with Gasteiger partial charge in [0.25, 0.3) is 0 Å². The zero-order valence-electron chi connectivity index (χ0n) is 45.8. The third-order valence-corrected chi connectivity index (χ3v) is 16.1. The fourth-order valence-electron chi connectivity index (χ4n) is 13.5. The molecule has 370 valence electrons. The maximum atomic E-state index is 11.6. The summed E-state index contributed by atoms with van der Waals surface area (Å²) in [5, 5.41) is 16.2. The Morgan fingerprint density at radius 1 is 0.316 bits per heavy atom. The van der Waals surface area contributed by atoms with Crippen molar-refractivity contribution in [1.82, 2.24) is 14.1 Å². The van der Waals surface area contributed by atoms with Crippen molar-refractivity contribution in [1.29, 1.82) is 5.26 Å². The van der Waals surface area contributed by atoms with Crippen LogP contribution in [0.1, 0.15) is 72.3 Å². The fourth-order valence-corrected chi connectivity index (χ4v) is 13.5. The van der Waals surface area contributed by atoms with Gasteiger partial charge in [0.1, 0.15) is 6.07 Å². The summed E-state index contributed by atoms with van der Waals surface area (Å²) in [5.74, 6) is 0. The minimum absolute atomic E-state index is 0.579. The predicted octanol–water partition coefficient (Wildman–Crippen LogP) is 19.2. The van der Waals surface area contributed by atoms with E-state index in [2.05, 4.69) is 249 Å². The lowest BCUT2D eigenvalue weighted by molar-refractivity contribution is 1.13. The summed E-state index contributed by atoms with van der Waals surface area (Å²) in [6.45, 7) is 26.5. The van der Waals surface area contributed by atoms with Crippen LogP contribution in [0.5, 0.6) is 0 Å². The topological polar surface area (TPSA) is 46.5 Å². The smallest absolute Gasteiger partial charge is 0.101 e. The molecule has 9 aromatic carbocycles. The summed E-state index contributed by atoms with van der Waals surface area (Å²) >= 11 is 0. The van der Waals surface area contributed by atoms with E-state index in [0.29, 0.717) is 5.56 Å². The van der Waals surface area contributed by atoms with Crippen molar-refractivity contribution in [3.05, 3.63) is 230 Å². The molecule has 3 aromatic heterocycles. The van der Waals surface area contributed by atoms with Crippen molar-refractivity contribution in [2.24, 2.45) is 0 Å². The Hall–Kier alpha value is -8.78. The molecule has 0 unspecified atom stereocenters. The second kappa shape index (κ2) is 18.3. The first kappa shape index (κ1) is 48.2. The standard InChI is InChI=1S/C72H62N4/c1-40-25-44(5)69(45(6)26-40)53-13-17-63-59(33-53)60-34-54(70-46(7)27-41(2)28-47(70)8)14-18-64(60)75(63)67-38-58(52-21-23-74-24-22-52)68(37-57(67)39-73)76-65-19-15-55(71-48(9)29-42(3)30-49(71)10)35-61(65)62-36-56(16-20-66(62)76)72-50(11)31-43(4)32-51(72)12/h13-38H,1-12H3. The third-order valence-electron chi connectivity index (χ3n) is 16.1. The highest BCUT2D eigenvalue weighted by Crippen LogP contribution is 2.45. The average molecular weight is 983 g/mol. The van der Waals surface area contributed by atoms with Crippen molar-refractivity contribution in [2.45, 2.75) is 83.1 Å². The average Bonchev–Trinajstić information content (AvgIpc) is 3.94. The molecule has 0 aliphatic rings. The Balaban J connectivity index is 1.16. The molecule has 0 bridgehead atoms. The molecule has 12 aromatic rings. The molecule has 76 heavy (non-hydrogen) atoms. The maximum Gasteiger partial charge on any atom is 0.101 e. The molecular formula is C72H62N4. The van der Waals surface area contributed by atoms with E-state index >= 15 is 0 Å². The molecule has 0 amide bonds. The van der Waals surface area contributed by atoms with Gasteiger partial charge in [0.05, 0.1) is 39.0 Å². The monoisotopic (exact) mass is 982 g/mol. The Kier molecular flexibility index (Phi) is 11.6. The van der Waals surface area contributed by atoms with Crippen molar-refractivity contribution >= 4 is 43.6 Å². The molecule has 0 aliphatic heterocycles. The minimum Gasteiger partial charge on any atom is -0.309 e. The van der Waals surface area contributed by atoms with Crippen molar-refractivity contribution in [3.63, 3.8) is 0 Å². The Morgan fingerprint density at radius 3 is 0.895 bits per heavy atom. The van der Waals surface area contributed by atoms with E-state index in [-0.39, 0.29) is 0 Å². The van der Waals surface area contributed by atoms with Gasteiger partial charge in [-0.1, -0.05) is 95.1 Å². The first-order valence-corrected chi connectivity index (χ1v) is 26.6. The van der Waals surface area contributed by atoms with Crippen LogP contribution in [0, 0.1) is 94.4 Å². The second-order valence-electron chi connectivity index (χ2n) is 21.9. The van der Waals surface area contributed by atoms with Gasteiger partial charge in [-0.05, 0) is 250 Å². The Bertz CT molecular complexity index is 4150. The highest BCUT2D eigenvalue weighted by atomic mass is 15.0. The number of benzene rings is 9. The molecule has 0 N–H and O–H groups in total. The minimum atomic E-state index is 0.579. The molecule has 0 spiro atoms. The van der Waals surface area contributed by atoms with Crippen molar-refractivity contribution in [2.75, 3.05) is 0 Å². The fraction of sp³-hybridized carbons (Fsp3) is 0.167. The largest absolute Gasteiger partial charge is 0.309 e. The second-order valence-corrected chi connectivity index (χ2v) is 21.9. The van der Waals surface area contributed by atoms with E-state index in [9.17, 15) is 5.26 Å². The van der Waals surface area contributed by atoms with Gasteiger partial charge < -0.3 is 9.13 Å². The molecular weight excluding hydrogens is 921 g/mol. The van der Waals surface area contributed by atoms with E-state index in [1.165, 1.54) is 111 Å². The molecule has 4 heteroatoms. The predicted molar refractivity (Wildman–Crippen MR) is 322 cm³/mol. The van der Waals surface area contributed by atoms with Gasteiger partial charge in [0, 0.05) is 39.5 Å². The summed E-state index contributed by atoms with van der Waals surface area (Å²) in [4.78, 5) is 4.50. The molecule has 0 aliphatic carbocycles. The summed E-state index contributed by atoms with van der Waals surface area (Å²) in [7, 11) is 0. The van der Waals surface area contributed by atoms with Crippen LogP contribution in [-0.2, 0) is 0 Å². The Morgan fingerprint density at radius 2 is 0.605 bits per heavy atom. The number of aromatic nitrogens is 3. The molecule has 3 heterocycles. The zero-order valence-corrected chi connectivity index (χ0v) is 45.8. The number of nitrogens with zero attached hydrogens (tertiary/aromatic N) is 4. The highest BCUT2D eigenvalue weighted by molar-refractivity contribution is 6.14. The Labute approximate surface area is 447 Å². The maximum absolute atomic E-state index is 11.6. The van der Waals surface area contributed by atoms with E-state index in [1.807, 2.05) is 12.4 Å². The molecule has 0 atom stereocenters. The lowest BCUT2D eigenvalue weighted by atomic mass is 9.91. The van der Waals surface area contributed by atoms with E-state index in [4.69, 9.17) is 0 Å². The van der Waals surface area contributed by atoms with E-state index in [1.54, 1.807) is 0 Å². The number of nitriles is 1. The zero-order chi connectivity index (χ0) is 53.0. The molecule has 0 radical (unpaired) electrons. The van der Waals surface area contributed by atoms with Gasteiger partial charge in [-0.15, -0.1) is 0 Å². The number of rotatable bonds is 7. The first-order valence-electron chi connectivity index (χ1n) is 26.6. The summed E-state index contributed by atoms with van der Waals surface area (Å²) in [5.41, 5.74) is 33.5. The van der Waals surface area contributed by atoms with Gasteiger partial charge in [0.15, 0.2) is 0 Å². The quantitative estimate of drug-likeness (QED) is 0.160. The number of aryl methyl sites for hydroxylation is 12. The number of hydrogen-bond acceptors (Lipinski definition) is 2.